The lowest BCUT2D eigenvalue weighted by molar-refractivity contribution is -0.147. The fraction of sp³-hybridized carbons (Fsp3) is 0.462. The van der Waals surface area contributed by atoms with Crippen molar-refractivity contribution in [2.45, 2.75) is 18.4 Å². The molecular weight excluding hydrogens is 252 g/mol. The molecule has 5 heteroatoms. The third-order valence-electron chi connectivity index (χ3n) is 3.24. The van der Waals surface area contributed by atoms with Gasteiger partial charge in [0.1, 0.15) is 5.54 Å². The second kappa shape index (κ2) is 5.59. The lowest BCUT2D eigenvalue weighted by atomic mass is 9.88. The Kier molecular flexibility index (Phi) is 4.09. The number of benzene rings is 1. The summed E-state index contributed by atoms with van der Waals surface area (Å²) >= 11 is 5.95. The number of ether oxygens (including phenoxy) is 1. The number of piperidine rings is 1. The fourth-order valence-corrected chi connectivity index (χ4v) is 2.46. The van der Waals surface area contributed by atoms with E-state index in [1.807, 2.05) is 18.2 Å². The smallest absolute Gasteiger partial charge is 0.331 e. The van der Waals surface area contributed by atoms with Crippen LogP contribution in [0.25, 0.3) is 0 Å². The second-order valence-corrected chi connectivity index (χ2v) is 4.90. The molecule has 0 aromatic heterocycles. The van der Waals surface area contributed by atoms with Crippen molar-refractivity contribution < 1.29 is 9.53 Å². The van der Waals surface area contributed by atoms with Crippen molar-refractivity contribution in [2.75, 3.05) is 25.5 Å². The van der Waals surface area contributed by atoms with Crippen LogP contribution in [0.2, 0.25) is 5.02 Å². The van der Waals surface area contributed by atoms with Crippen molar-refractivity contribution >= 4 is 23.3 Å². The van der Waals surface area contributed by atoms with E-state index < -0.39 is 5.54 Å². The van der Waals surface area contributed by atoms with Crippen LogP contribution >= 0.6 is 11.6 Å². The van der Waals surface area contributed by atoms with Gasteiger partial charge in [-0.25, -0.2) is 4.79 Å². The van der Waals surface area contributed by atoms with Crippen LogP contribution in [0.4, 0.5) is 5.69 Å². The van der Waals surface area contributed by atoms with E-state index in [1.54, 1.807) is 6.07 Å². The highest BCUT2D eigenvalue weighted by Crippen LogP contribution is 2.27. The Morgan fingerprint density at radius 1 is 1.44 bits per heavy atom. The summed E-state index contributed by atoms with van der Waals surface area (Å²) in [5.74, 6) is -0.219. The molecule has 1 aliphatic heterocycles. The number of carbonyl (C=O) groups is 1. The molecule has 0 atom stereocenters. The van der Waals surface area contributed by atoms with Crippen molar-refractivity contribution in [1.29, 1.82) is 0 Å². The highest BCUT2D eigenvalue weighted by Gasteiger charge is 2.40. The number of hydrogen-bond acceptors (Lipinski definition) is 4. The van der Waals surface area contributed by atoms with Gasteiger partial charge in [-0.15, -0.1) is 0 Å². The first kappa shape index (κ1) is 13.2. The molecule has 1 fully saturated rings. The number of esters is 1. The topological polar surface area (TPSA) is 50.4 Å². The average Bonchev–Trinajstić information content (AvgIpc) is 2.39. The predicted octanol–water partition coefficient (Wildman–Crippen LogP) is 2.05. The number of rotatable bonds is 3. The van der Waals surface area contributed by atoms with Gasteiger partial charge in [0.15, 0.2) is 0 Å². The van der Waals surface area contributed by atoms with Crippen LogP contribution in [-0.2, 0) is 9.53 Å². The quantitative estimate of drug-likeness (QED) is 0.824. The molecule has 0 unspecified atom stereocenters. The summed E-state index contributed by atoms with van der Waals surface area (Å²) in [6, 6.07) is 7.38. The van der Waals surface area contributed by atoms with Crippen LogP contribution in [0.1, 0.15) is 12.8 Å². The van der Waals surface area contributed by atoms with Gasteiger partial charge in [0.25, 0.3) is 0 Å². The Morgan fingerprint density at radius 3 is 2.78 bits per heavy atom. The molecule has 1 heterocycles. The maximum absolute atomic E-state index is 12.0. The zero-order valence-corrected chi connectivity index (χ0v) is 11.1. The molecule has 0 amide bonds. The Morgan fingerprint density at radius 2 is 2.17 bits per heavy atom. The molecule has 2 N–H and O–H groups in total. The Hall–Kier alpha value is -1.26. The lowest BCUT2D eigenvalue weighted by Gasteiger charge is -2.36. The molecule has 1 aromatic carbocycles. The molecule has 0 radical (unpaired) electrons. The Bertz CT molecular complexity index is 431. The van der Waals surface area contributed by atoms with Crippen LogP contribution in [0.15, 0.2) is 24.3 Å². The van der Waals surface area contributed by atoms with Gasteiger partial charge >= 0.3 is 5.97 Å². The van der Waals surface area contributed by atoms with Gasteiger partial charge in [-0.05, 0) is 44.1 Å². The molecule has 0 aliphatic carbocycles. The van der Waals surface area contributed by atoms with E-state index in [2.05, 4.69) is 10.6 Å². The van der Waals surface area contributed by atoms with Gasteiger partial charge in [0.05, 0.1) is 7.11 Å². The van der Waals surface area contributed by atoms with Crippen LogP contribution in [0.5, 0.6) is 0 Å². The molecule has 0 spiro atoms. The van der Waals surface area contributed by atoms with Crippen LogP contribution < -0.4 is 10.6 Å². The largest absolute Gasteiger partial charge is 0.467 e. The van der Waals surface area contributed by atoms with E-state index in [4.69, 9.17) is 16.3 Å². The van der Waals surface area contributed by atoms with Gasteiger partial charge in [0, 0.05) is 10.7 Å². The van der Waals surface area contributed by atoms with Gasteiger partial charge < -0.3 is 15.4 Å². The number of anilines is 1. The molecule has 1 saturated heterocycles. The molecule has 0 saturated carbocycles. The molecule has 98 valence electrons. The Balaban J connectivity index is 2.22. The normalized spacial score (nSPS) is 18.1. The zero-order chi connectivity index (χ0) is 13.0. The first-order chi connectivity index (χ1) is 8.66. The fourth-order valence-electron chi connectivity index (χ4n) is 2.27. The van der Waals surface area contributed by atoms with Gasteiger partial charge in [0.2, 0.25) is 0 Å². The summed E-state index contributed by atoms with van der Waals surface area (Å²) in [5, 5.41) is 7.18. The highest BCUT2D eigenvalue weighted by atomic mass is 35.5. The summed E-state index contributed by atoms with van der Waals surface area (Å²) < 4.78 is 4.93. The molecule has 1 aliphatic rings. The van der Waals surface area contributed by atoms with E-state index >= 15 is 0 Å². The molecule has 1 aromatic rings. The van der Waals surface area contributed by atoms with Gasteiger partial charge in [-0.1, -0.05) is 17.7 Å². The number of nitrogens with one attached hydrogen (secondary N) is 2. The van der Waals surface area contributed by atoms with Gasteiger partial charge in [-0.2, -0.15) is 0 Å². The van der Waals surface area contributed by atoms with E-state index in [-0.39, 0.29) is 5.97 Å². The minimum absolute atomic E-state index is 0.219. The lowest BCUT2D eigenvalue weighted by Crippen LogP contribution is -2.54. The maximum Gasteiger partial charge on any atom is 0.331 e. The van der Waals surface area contributed by atoms with Crippen molar-refractivity contribution in [3.05, 3.63) is 29.3 Å². The highest BCUT2D eigenvalue weighted by molar-refractivity contribution is 6.30. The number of halogens is 1. The summed E-state index contributed by atoms with van der Waals surface area (Å²) in [7, 11) is 1.42. The van der Waals surface area contributed by atoms with Crippen molar-refractivity contribution in [3.63, 3.8) is 0 Å². The number of carbonyl (C=O) groups excluding carboxylic acids is 1. The van der Waals surface area contributed by atoms with Crippen molar-refractivity contribution in [1.82, 2.24) is 5.32 Å². The minimum Gasteiger partial charge on any atom is -0.467 e. The molecule has 2 rings (SSSR count). The first-order valence-electron chi connectivity index (χ1n) is 5.99. The third-order valence-corrected chi connectivity index (χ3v) is 3.48. The minimum atomic E-state index is -0.648. The average molecular weight is 269 g/mol. The summed E-state index contributed by atoms with van der Waals surface area (Å²) in [6.45, 7) is 1.59. The van der Waals surface area contributed by atoms with Gasteiger partial charge in [-0.3, -0.25) is 0 Å². The van der Waals surface area contributed by atoms with Crippen LogP contribution in [0.3, 0.4) is 0 Å². The summed E-state index contributed by atoms with van der Waals surface area (Å²) in [4.78, 5) is 12.0. The number of methoxy groups -OCH3 is 1. The van der Waals surface area contributed by atoms with Crippen molar-refractivity contribution in [2.24, 2.45) is 0 Å². The molecule has 0 bridgehead atoms. The zero-order valence-electron chi connectivity index (χ0n) is 10.3. The Labute approximate surface area is 112 Å². The monoisotopic (exact) mass is 268 g/mol. The summed E-state index contributed by atoms with van der Waals surface area (Å²) in [5.41, 5.74) is 0.194. The second-order valence-electron chi connectivity index (χ2n) is 4.46. The molecular formula is C13H17ClN2O2. The molecule has 4 nitrogen and oxygen atoms in total. The first-order valence-corrected chi connectivity index (χ1v) is 6.37. The predicted molar refractivity (Wildman–Crippen MR) is 71.9 cm³/mol. The molecule has 18 heavy (non-hydrogen) atoms. The van der Waals surface area contributed by atoms with Crippen LogP contribution in [0, 0.1) is 0 Å². The SMILES string of the molecule is COC(=O)C1(Nc2cccc(Cl)c2)CCNCC1. The third kappa shape index (κ3) is 2.76. The van der Waals surface area contributed by atoms with E-state index in [0.717, 1.165) is 18.8 Å². The standard InChI is InChI=1S/C13H17ClN2O2/c1-18-12(17)13(5-7-15-8-6-13)16-11-4-2-3-10(14)9-11/h2-4,9,15-16H,5-8H2,1H3. The van der Waals surface area contributed by atoms with Crippen molar-refractivity contribution in [3.8, 4) is 0 Å². The number of hydrogen-bond donors (Lipinski definition) is 2. The maximum atomic E-state index is 12.0. The van der Waals surface area contributed by atoms with E-state index in [9.17, 15) is 4.79 Å². The van der Waals surface area contributed by atoms with E-state index in [1.165, 1.54) is 7.11 Å². The van der Waals surface area contributed by atoms with Crippen LogP contribution in [-0.4, -0.2) is 31.7 Å². The summed E-state index contributed by atoms with van der Waals surface area (Å²) in [6.07, 6.45) is 1.40. The van der Waals surface area contributed by atoms with E-state index in [0.29, 0.717) is 17.9 Å².